The highest BCUT2D eigenvalue weighted by atomic mass is 19.4. The Balaban J connectivity index is 2.75. The monoisotopic (exact) mass is 236 g/mol. The van der Waals surface area contributed by atoms with Crippen molar-refractivity contribution in [2.75, 3.05) is 0 Å². The Hall–Kier alpha value is -1.53. The van der Waals surface area contributed by atoms with E-state index < -0.39 is 24.6 Å². The molecule has 0 amide bonds. The van der Waals surface area contributed by atoms with Crippen molar-refractivity contribution in [3.63, 3.8) is 0 Å². The lowest BCUT2D eigenvalue weighted by Crippen LogP contribution is -2.22. The van der Waals surface area contributed by atoms with E-state index in [9.17, 15) is 18.0 Å². The Morgan fingerprint density at radius 3 is 2.75 bits per heavy atom. The lowest BCUT2D eigenvalue weighted by atomic mass is 10.1. The number of carbonyl (C=O) groups is 1. The lowest BCUT2D eigenvalue weighted by Gasteiger charge is -2.11. The van der Waals surface area contributed by atoms with Gasteiger partial charge < -0.3 is 5.11 Å². The highest BCUT2D eigenvalue weighted by Gasteiger charge is 2.29. The summed E-state index contributed by atoms with van der Waals surface area (Å²) in [6.45, 7) is 0.245. The van der Waals surface area contributed by atoms with Gasteiger partial charge in [0.25, 0.3) is 0 Å². The van der Waals surface area contributed by atoms with Crippen LogP contribution in [0.1, 0.15) is 12.6 Å². The van der Waals surface area contributed by atoms with Gasteiger partial charge in [0.2, 0.25) is 0 Å². The van der Waals surface area contributed by atoms with Crippen LogP contribution in [0, 0.1) is 5.92 Å². The Morgan fingerprint density at radius 1 is 1.62 bits per heavy atom. The molecule has 1 unspecified atom stereocenters. The first-order chi connectivity index (χ1) is 7.29. The van der Waals surface area contributed by atoms with E-state index in [1.165, 1.54) is 19.2 Å². The summed E-state index contributed by atoms with van der Waals surface area (Å²) >= 11 is 0. The molecule has 1 aromatic rings. The quantitative estimate of drug-likeness (QED) is 0.865. The maximum atomic E-state index is 12.1. The zero-order valence-electron chi connectivity index (χ0n) is 8.53. The fourth-order valence-electron chi connectivity index (χ4n) is 1.25. The number of aliphatic carboxylic acids is 1. The van der Waals surface area contributed by atoms with Crippen molar-refractivity contribution in [1.82, 2.24) is 9.78 Å². The molecular formula is C9H11F3N2O2. The summed E-state index contributed by atoms with van der Waals surface area (Å²) in [5.74, 6) is -1.77. The van der Waals surface area contributed by atoms with E-state index >= 15 is 0 Å². The highest BCUT2D eigenvalue weighted by molar-refractivity contribution is 5.69. The van der Waals surface area contributed by atoms with Gasteiger partial charge in [0.15, 0.2) is 0 Å². The summed E-state index contributed by atoms with van der Waals surface area (Å²) in [6.07, 6.45) is -3.09. The van der Waals surface area contributed by atoms with E-state index in [0.717, 1.165) is 4.68 Å². The minimum absolute atomic E-state index is 0.0331. The van der Waals surface area contributed by atoms with Crippen LogP contribution in [0.25, 0.3) is 0 Å². The average Bonchev–Trinajstić information content (AvgIpc) is 2.49. The van der Waals surface area contributed by atoms with E-state index in [1.54, 1.807) is 0 Å². The molecule has 1 rings (SSSR count). The summed E-state index contributed by atoms with van der Waals surface area (Å²) in [7, 11) is 0. The van der Waals surface area contributed by atoms with Gasteiger partial charge in [-0.05, 0) is 6.07 Å². The van der Waals surface area contributed by atoms with Gasteiger partial charge in [0, 0.05) is 18.3 Å². The van der Waals surface area contributed by atoms with Crippen LogP contribution in [0.15, 0.2) is 12.3 Å². The van der Waals surface area contributed by atoms with E-state index in [4.69, 9.17) is 5.11 Å². The van der Waals surface area contributed by atoms with E-state index in [2.05, 4.69) is 5.10 Å². The van der Waals surface area contributed by atoms with Crippen LogP contribution in [0.2, 0.25) is 0 Å². The zero-order chi connectivity index (χ0) is 12.3. The van der Waals surface area contributed by atoms with Gasteiger partial charge in [-0.15, -0.1) is 0 Å². The molecule has 4 nitrogen and oxygen atoms in total. The zero-order valence-corrected chi connectivity index (χ0v) is 8.53. The van der Waals surface area contributed by atoms with Crippen molar-refractivity contribution in [2.24, 2.45) is 5.92 Å². The number of rotatable bonds is 4. The molecule has 0 aliphatic rings. The molecule has 0 saturated carbocycles. The molecule has 0 aliphatic heterocycles. The van der Waals surface area contributed by atoms with Crippen LogP contribution in [-0.2, 0) is 17.8 Å². The maximum Gasteiger partial charge on any atom is 0.408 e. The molecule has 0 fully saturated rings. The minimum Gasteiger partial charge on any atom is -0.481 e. The number of hydrogen-bond donors (Lipinski definition) is 1. The normalized spacial score (nSPS) is 13.8. The molecule has 1 N–H and O–H groups in total. The summed E-state index contributed by atoms with van der Waals surface area (Å²) in [4.78, 5) is 10.6. The average molecular weight is 236 g/mol. The van der Waals surface area contributed by atoms with Crippen LogP contribution in [0.3, 0.4) is 0 Å². The Labute approximate surface area is 89.7 Å². The standard InChI is InChI=1S/C9H11F3N2O2/c1-6(8(15)16)4-7-2-3-13-14(7)5-9(10,11)12/h2-3,6H,4-5H2,1H3,(H,15,16). The number of nitrogens with zero attached hydrogens (tertiary/aromatic N) is 2. The summed E-state index contributed by atoms with van der Waals surface area (Å²) in [5.41, 5.74) is 0.271. The first kappa shape index (κ1) is 12.5. The van der Waals surface area contributed by atoms with Crippen LogP contribution < -0.4 is 0 Å². The van der Waals surface area contributed by atoms with Crippen molar-refractivity contribution in [3.05, 3.63) is 18.0 Å². The van der Waals surface area contributed by atoms with Gasteiger partial charge in [-0.2, -0.15) is 18.3 Å². The number of carboxylic acid groups (broad SMARTS) is 1. The highest BCUT2D eigenvalue weighted by Crippen LogP contribution is 2.19. The lowest BCUT2D eigenvalue weighted by molar-refractivity contribution is -0.143. The smallest absolute Gasteiger partial charge is 0.408 e. The second kappa shape index (κ2) is 4.54. The number of halogens is 3. The third-order valence-electron chi connectivity index (χ3n) is 2.07. The first-order valence-corrected chi connectivity index (χ1v) is 4.60. The SMILES string of the molecule is CC(Cc1ccnn1CC(F)(F)F)C(=O)O. The Morgan fingerprint density at radius 2 is 2.25 bits per heavy atom. The third-order valence-corrected chi connectivity index (χ3v) is 2.07. The number of hydrogen-bond acceptors (Lipinski definition) is 2. The van der Waals surface area contributed by atoms with E-state index in [1.807, 2.05) is 0 Å². The molecule has 7 heteroatoms. The Bertz CT molecular complexity index is 373. The number of carboxylic acids is 1. The molecule has 0 spiro atoms. The van der Waals surface area contributed by atoms with Crippen LogP contribution in [-0.4, -0.2) is 27.0 Å². The second-order valence-corrected chi connectivity index (χ2v) is 3.54. The largest absolute Gasteiger partial charge is 0.481 e. The van der Waals surface area contributed by atoms with Crippen molar-refractivity contribution in [1.29, 1.82) is 0 Å². The predicted octanol–water partition coefficient (Wildman–Crippen LogP) is 1.71. The summed E-state index contributed by atoms with van der Waals surface area (Å²) in [5, 5.41) is 12.2. The predicted molar refractivity (Wildman–Crippen MR) is 48.8 cm³/mol. The molecule has 0 bridgehead atoms. The van der Waals surface area contributed by atoms with Crippen molar-refractivity contribution in [3.8, 4) is 0 Å². The van der Waals surface area contributed by atoms with E-state index in [0.29, 0.717) is 0 Å². The second-order valence-electron chi connectivity index (χ2n) is 3.54. The van der Waals surface area contributed by atoms with Gasteiger partial charge in [-0.3, -0.25) is 9.48 Å². The van der Waals surface area contributed by atoms with Crippen LogP contribution >= 0.6 is 0 Å². The van der Waals surface area contributed by atoms with E-state index in [-0.39, 0.29) is 12.1 Å². The topological polar surface area (TPSA) is 55.1 Å². The van der Waals surface area contributed by atoms with Crippen LogP contribution in [0.4, 0.5) is 13.2 Å². The Kier molecular flexibility index (Phi) is 3.56. The maximum absolute atomic E-state index is 12.1. The summed E-state index contributed by atoms with van der Waals surface area (Å²) < 4.78 is 37.1. The third kappa shape index (κ3) is 3.56. The van der Waals surface area contributed by atoms with Gasteiger partial charge >= 0.3 is 12.1 Å². The number of aromatic nitrogens is 2. The molecule has 0 aliphatic carbocycles. The van der Waals surface area contributed by atoms with Crippen molar-refractivity contribution >= 4 is 5.97 Å². The molecule has 90 valence electrons. The fourth-order valence-corrected chi connectivity index (χ4v) is 1.25. The minimum atomic E-state index is -4.35. The molecule has 0 radical (unpaired) electrons. The summed E-state index contributed by atoms with van der Waals surface area (Å²) in [6, 6.07) is 1.39. The first-order valence-electron chi connectivity index (χ1n) is 4.60. The molecule has 1 heterocycles. The molecule has 1 atom stereocenters. The number of alkyl halides is 3. The van der Waals surface area contributed by atoms with Crippen LogP contribution in [0.5, 0.6) is 0 Å². The van der Waals surface area contributed by atoms with Crippen molar-refractivity contribution in [2.45, 2.75) is 26.1 Å². The molecule has 0 saturated heterocycles. The van der Waals surface area contributed by atoms with Gasteiger partial charge in [-0.1, -0.05) is 6.92 Å². The molecular weight excluding hydrogens is 225 g/mol. The van der Waals surface area contributed by atoms with Gasteiger partial charge in [-0.25, -0.2) is 0 Å². The fraction of sp³-hybridized carbons (Fsp3) is 0.556. The van der Waals surface area contributed by atoms with Gasteiger partial charge in [0.1, 0.15) is 6.54 Å². The molecule has 1 aromatic heterocycles. The molecule has 16 heavy (non-hydrogen) atoms. The van der Waals surface area contributed by atoms with Crippen molar-refractivity contribution < 1.29 is 23.1 Å². The molecule has 0 aromatic carbocycles. The van der Waals surface area contributed by atoms with Gasteiger partial charge in [0.05, 0.1) is 5.92 Å².